The Labute approximate surface area is 102 Å². The van der Waals surface area contributed by atoms with Crippen molar-refractivity contribution in [1.29, 1.82) is 5.41 Å². The largest absolute Gasteiger partial charge is 0.464 e. The zero-order valence-corrected chi connectivity index (χ0v) is 9.75. The van der Waals surface area contributed by atoms with E-state index in [0.29, 0.717) is 0 Å². The minimum atomic E-state index is 0.108. The number of hydrogen-bond acceptors (Lipinski definition) is 3. The van der Waals surface area contributed by atoms with Crippen LogP contribution >= 0.6 is 11.3 Å². The zero-order valence-electron chi connectivity index (χ0n) is 8.94. The van der Waals surface area contributed by atoms with E-state index < -0.39 is 0 Å². The summed E-state index contributed by atoms with van der Waals surface area (Å²) in [5.74, 6) is 0.945. The van der Waals surface area contributed by atoms with Gasteiger partial charge in [0.1, 0.15) is 11.6 Å². The van der Waals surface area contributed by atoms with E-state index in [4.69, 9.17) is 15.6 Å². The average Bonchev–Trinajstić information content (AvgIpc) is 2.97. The third-order valence-corrected chi connectivity index (χ3v) is 3.75. The van der Waals surface area contributed by atoms with Crippen LogP contribution in [0.3, 0.4) is 0 Å². The van der Waals surface area contributed by atoms with E-state index >= 15 is 0 Å². The zero-order chi connectivity index (χ0) is 11.8. The van der Waals surface area contributed by atoms with Crippen molar-refractivity contribution in [3.63, 3.8) is 0 Å². The van der Waals surface area contributed by atoms with Crippen LogP contribution in [0.1, 0.15) is 4.88 Å². The van der Waals surface area contributed by atoms with Gasteiger partial charge in [-0.2, -0.15) is 0 Å². The lowest BCUT2D eigenvalue weighted by molar-refractivity contribution is 0.583. The molecule has 0 unspecified atom stereocenters. The first-order valence-corrected chi connectivity index (χ1v) is 5.98. The summed E-state index contributed by atoms with van der Waals surface area (Å²) in [5.41, 5.74) is 6.55. The van der Waals surface area contributed by atoms with Crippen molar-refractivity contribution < 1.29 is 4.42 Å². The standard InChI is InChI=1S/C13H10N2OS/c14-13(15)12-7-9-8(10-4-2-6-16-10)3-1-5-11(9)17-12/h1-7H,(H3,14,15). The number of nitrogens with one attached hydrogen (secondary N) is 1. The number of hydrogen-bond donors (Lipinski definition) is 2. The molecule has 3 N–H and O–H groups in total. The Balaban J connectivity index is 2.29. The Morgan fingerprint density at radius 2 is 2.12 bits per heavy atom. The van der Waals surface area contributed by atoms with Crippen molar-refractivity contribution in [2.75, 3.05) is 0 Å². The molecule has 17 heavy (non-hydrogen) atoms. The molecule has 0 atom stereocenters. The lowest BCUT2D eigenvalue weighted by atomic mass is 10.1. The second-order valence-electron chi connectivity index (χ2n) is 3.72. The number of nitrogens with two attached hydrogens (primary N) is 1. The highest BCUT2D eigenvalue weighted by atomic mass is 32.1. The summed E-state index contributed by atoms with van der Waals surface area (Å²) in [6.45, 7) is 0. The Morgan fingerprint density at radius 3 is 2.82 bits per heavy atom. The molecule has 1 aromatic carbocycles. The maximum Gasteiger partial charge on any atom is 0.134 e. The lowest BCUT2D eigenvalue weighted by Crippen LogP contribution is -2.08. The van der Waals surface area contributed by atoms with Crippen LogP contribution in [-0.4, -0.2) is 5.84 Å². The molecular formula is C13H10N2OS. The molecule has 3 nitrogen and oxygen atoms in total. The van der Waals surface area contributed by atoms with Gasteiger partial charge in [0.25, 0.3) is 0 Å². The maximum absolute atomic E-state index is 7.48. The number of thiophene rings is 1. The molecule has 0 saturated heterocycles. The number of amidine groups is 1. The molecule has 0 radical (unpaired) electrons. The van der Waals surface area contributed by atoms with Crippen molar-refractivity contribution in [3.8, 4) is 11.3 Å². The van der Waals surface area contributed by atoms with E-state index in [9.17, 15) is 0 Å². The molecule has 0 spiro atoms. The lowest BCUT2D eigenvalue weighted by Gasteiger charge is -1.98. The molecule has 3 rings (SSSR count). The summed E-state index contributed by atoms with van der Waals surface area (Å²) < 4.78 is 6.53. The summed E-state index contributed by atoms with van der Waals surface area (Å²) in [7, 11) is 0. The third kappa shape index (κ3) is 1.62. The monoisotopic (exact) mass is 242 g/mol. The van der Waals surface area contributed by atoms with E-state index in [1.165, 1.54) is 11.3 Å². The van der Waals surface area contributed by atoms with Crippen molar-refractivity contribution in [3.05, 3.63) is 47.5 Å². The molecule has 84 valence electrons. The highest BCUT2D eigenvalue weighted by molar-refractivity contribution is 7.20. The SMILES string of the molecule is N=C(N)c1cc2c(-c3ccco3)cccc2s1. The summed E-state index contributed by atoms with van der Waals surface area (Å²) >= 11 is 1.53. The Hall–Kier alpha value is -2.07. The molecule has 0 bridgehead atoms. The Bertz CT molecular complexity index is 683. The molecule has 0 aliphatic rings. The quantitative estimate of drug-likeness (QED) is 0.534. The number of fused-ring (bicyclic) bond motifs is 1. The van der Waals surface area contributed by atoms with Crippen LogP contribution in [0.25, 0.3) is 21.4 Å². The molecule has 0 fully saturated rings. The first-order valence-electron chi connectivity index (χ1n) is 5.16. The van der Waals surface area contributed by atoms with Crippen LogP contribution in [-0.2, 0) is 0 Å². The molecule has 2 heterocycles. The topological polar surface area (TPSA) is 63.0 Å². The molecule has 0 saturated carbocycles. The van der Waals surface area contributed by atoms with Crippen LogP contribution in [0.2, 0.25) is 0 Å². The molecule has 0 aliphatic heterocycles. The van der Waals surface area contributed by atoms with Gasteiger partial charge in [0.05, 0.1) is 11.1 Å². The molecule has 2 aromatic heterocycles. The molecule has 4 heteroatoms. The van der Waals surface area contributed by atoms with Crippen LogP contribution in [0.4, 0.5) is 0 Å². The first kappa shape index (κ1) is 10.1. The molecule has 0 amide bonds. The Morgan fingerprint density at radius 1 is 1.24 bits per heavy atom. The number of benzene rings is 1. The van der Waals surface area contributed by atoms with Crippen molar-refractivity contribution in [2.45, 2.75) is 0 Å². The van der Waals surface area contributed by atoms with Gasteiger partial charge in [0.15, 0.2) is 0 Å². The van der Waals surface area contributed by atoms with Crippen molar-refractivity contribution in [1.82, 2.24) is 0 Å². The second-order valence-corrected chi connectivity index (χ2v) is 4.80. The highest BCUT2D eigenvalue weighted by Gasteiger charge is 2.10. The van der Waals surface area contributed by atoms with Gasteiger partial charge in [-0.05, 0) is 24.3 Å². The number of nitrogen functional groups attached to an aromatic ring is 1. The van der Waals surface area contributed by atoms with Crippen LogP contribution in [0.15, 0.2) is 47.1 Å². The normalized spacial score (nSPS) is 10.8. The van der Waals surface area contributed by atoms with E-state index in [0.717, 1.165) is 26.3 Å². The fourth-order valence-corrected chi connectivity index (χ4v) is 2.79. The molecular weight excluding hydrogens is 232 g/mol. The van der Waals surface area contributed by atoms with Gasteiger partial charge in [-0.3, -0.25) is 5.41 Å². The molecule has 3 aromatic rings. The summed E-state index contributed by atoms with van der Waals surface area (Å²) in [6, 6.07) is 11.8. The Kier molecular flexibility index (Phi) is 2.23. The smallest absolute Gasteiger partial charge is 0.134 e. The van der Waals surface area contributed by atoms with Crippen LogP contribution in [0, 0.1) is 5.41 Å². The van der Waals surface area contributed by atoms with Crippen LogP contribution in [0.5, 0.6) is 0 Å². The fraction of sp³-hybridized carbons (Fsp3) is 0. The summed E-state index contributed by atoms with van der Waals surface area (Å²) in [5, 5.41) is 8.56. The van der Waals surface area contributed by atoms with Crippen LogP contribution < -0.4 is 5.73 Å². The maximum atomic E-state index is 7.48. The predicted octanol–water partition coefficient (Wildman–Crippen LogP) is 3.45. The van der Waals surface area contributed by atoms with Gasteiger partial charge < -0.3 is 10.2 Å². The minimum Gasteiger partial charge on any atom is -0.464 e. The van der Waals surface area contributed by atoms with Crippen molar-refractivity contribution >= 4 is 27.3 Å². The average molecular weight is 242 g/mol. The predicted molar refractivity (Wildman–Crippen MR) is 70.5 cm³/mol. The summed E-state index contributed by atoms with van der Waals surface area (Å²) in [6.07, 6.45) is 1.66. The first-order chi connectivity index (χ1) is 8.25. The third-order valence-electron chi connectivity index (χ3n) is 2.61. The van der Waals surface area contributed by atoms with Gasteiger partial charge in [-0.1, -0.05) is 12.1 Å². The van der Waals surface area contributed by atoms with E-state index in [1.54, 1.807) is 6.26 Å². The number of furan rings is 1. The second kappa shape index (κ2) is 3.75. The van der Waals surface area contributed by atoms with Gasteiger partial charge in [-0.15, -0.1) is 11.3 Å². The van der Waals surface area contributed by atoms with E-state index in [2.05, 4.69) is 0 Å². The minimum absolute atomic E-state index is 0.108. The summed E-state index contributed by atoms with van der Waals surface area (Å²) in [4.78, 5) is 0.791. The molecule has 0 aliphatic carbocycles. The van der Waals surface area contributed by atoms with Gasteiger partial charge >= 0.3 is 0 Å². The van der Waals surface area contributed by atoms with Gasteiger partial charge in [-0.25, -0.2) is 0 Å². The number of rotatable bonds is 2. The van der Waals surface area contributed by atoms with E-state index in [-0.39, 0.29) is 5.84 Å². The van der Waals surface area contributed by atoms with Gasteiger partial charge in [0.2, 0.25) is 0 Å². The fourth-order valence-electron chi connectivity index (χ4n) is 1.84. The van der Waals surface area contributed by atoms with Crippen molar-refractivity contribution in [2.24, 2.45) is 5.73 Å². The van der Waals surface area contributed by atoms with Gasteiger partial charge in [0, 0.05) is 15.6 Å². The highest BCUT2D eigenvalue weighted by Crippen LogP contribution is 2.34. The van der Waals surface area contributed by atoms with E-state index in [1.807, 2.05) is 36.4 Å².